The van der Waals surface area contributed by atoms with Crippen LogP contribution in [0.1, 0.15) is 35.8 Å². The second-order valence-electron chi connectivity index (χ2n) is 9.64. The van der Waals surface area contributed by atoms with Gasteiger partial charge in [-0.1, -0.05) is 85.5 Å². The van der Waals surface area contributed by atoms with Gasteiger partial charge in [0.2, 0.25) is 0 Å². The van der Waals surface area contributed by atoms with Gasteiger partial charge in [-0.15, -0.1) is 40.5 Å². The number of aromatic nitrogens is 2. The molecule has 0 amide bonds. The fraction of sp³-hybridized carbons (Fsp3) is 0.0882. The number of carboxylic acids is 1. The molecule has 0 aliphatic heterocycles. The van der Waals surface area contributed by atoms with Crippen LogP contribution >= 0.6 is 11.3 Å². The van der Waals surface area contributed by atoms with Crippen molar-refractivity contribution in [1.29, 1.82) is 0 Å². The van der Waals surface area contributed by atoms with Crippen molar-refractivity contribution >= 4 is 59.2 Å². The monoisotopic (exact) mass is 718 g/mol. The van der Waals surface area contributed by atoms with Crippen molar-refractivity contribution in [2.24, 2.45) is 0 Å². The molecule has 4 nitrogen and oxygen atoms in total. The molecule has 7 aromatic rings. The van der Waals surface area contributed by atoms with Crippen molar-refractivity contribution in [3.8, 4) is 11.3 Å². The molecule has 6 heteroatoms. The second-order valence-corrected chi connectivity index (χ2v) is 10.7. The Kier molecular flexibility index (Phi) is 8.04. The quantitative estimate of drug-likeness (QED) is 0.185. The number of hydrogen-bond donors (Lipinski definition) is 1. The first-order valence-electron chi connectivity index (χ1n) is 12.8. The first-order chi connectivity index (χ1) is 19.0. The van der Waals surface area contributed by atoms with E-state index >= 15 is 0 Å². The smallest absolute Gasteiger partial charge is 0.354 e. The number of thiophene rings is 1. The summed E-state index contributed by atoms with van der Waals surface area (Å²) in [6, 6.07) is 36.5. The van der Waals surface area contributed by atoms with Crippen LogP contribution in [0.15, 0.2) is 103 Å². The average molecular weight is 718 g/mol. The summed E-state index contributed by atoms with van der Waals surface area (Å²) in [7, 11) is 0. The van der Waals surface area contributed by atoms with Gasteiger partial charge in [-0.25, -0.2) is 9.78 Å². The van der Waals surface area contributed by atoms with Gasteiger partial charge in [0.05, 0.1) is 5.52 Å². The van der Waals surface area contributed by atoms with E-state index in [2.05, 4.69) is 104 Å². The van der Waals surface area contributed by atoms with Gasteiger partial charge in [-0.3, -0.25) is 4.98 Å². The van der Waals surface area contributed by atoms with E-state index in [1.54, 1.807) is 12.1 Å². The number of nitrogens with zero attached hydrogens (tertiary/aromatic N) is 2. The Morgan fingerprint density at radius 1 is 0.850 bits per heavy atom. The standard InChI is InChI=1S/C28H20NS.C6H5NO2.Ir/c1-17(2)23-16-19(15-18-9-3-4-10-20(18)23)27-26-22-12-6-8-14-25(22)30-28(26)21-11-5-7-13-24(21)29-27;8-6(9)5-3-1-2-4-7-5;/h3-14,16-17H,1-2H3;1-4H,(H,8,9);/q-1;;. The second kappa shape index (κ2) is 11.6. The van der Waals surface area contributed by atoms with Gasteiger partial charge in [0.1, 0.15) is 5.69 Å². The van der Waals surface area contributed by atoms with Gasteiger partial charge in [0, 0.05) is 46.8 Å². The summed E-state index contributed by atoms with van der Waals surface area (Å²) in [6.07, 6.45) is 1.45. The van der Waals surface area contributed by atoms with E-state index in [-0.39, 0.29) is 25.8 Å². The molecule has 0 aliphatic carbocycles. The van der Waals surface area contributed by atoms with Crippen LogP contribution in [-0.2, 0) is 20.1 Å². The first kappa shape index (κ1) is 27.6. The van der Waals surface area contributed by atoms with Gasteiger partial charge >= 0.3 is 5.97 Å². The minimum atomic E-state index is -0.990. The summed E-state index contributed by atoms with van der Waals surface area (Å²) in [4.78, 5) is 18.9. The molecule has 0 saturated heterocycles. The number of para-hydroxylation sites is 1. The van der Waals surface area contributed by atoms with Gasteiger partial charge in [-0.05, 0) is 41.0 Å². The van der Waals surface area contributed by atoms with E-state index in [0.29, 0.717) is 5.92 Å². The van der Waals surface area contributed by atoms with Gasteiger partial charge in [0.15, 0.2) is 0 Å². The summed E-state index contributed by atoms with van der Waals surface area (Å²) >= 11 is 1.86. The molecule has 3 aromatic heterocycles. The Labute approximate surface area is 249 Å². The minimum Gasteiger partial charge on any atom is -0.477 e. The first-order valence-corrected chi connectivity index (χ1v) is 13.6. The molecule has 1 radical (unpaired) electrons. The summed E-state index contributed by atoms with van der Waals surface area (Å²) in [5.41, 5.74) is 4.59. The van der Waals surface area contributed by atoms with Crippen LogP contribution < -0.4 is 0 Å². The molecule has 0 atom stereocenters. The number of benzene rings is 4. The number of carboxylic acid groups (broad SMARTS) is 1. The third-order valence-corrected chi connectivity index (χ3v) is 7.99. The van der Waals surface area contributed by atoms with Crippen LogP contribution in [-0.4, -0.2) is 21.0 Å². The predicted octanol–water partition coefficient (Wildman–Crippen LogP) is 9.12. The molecule has 199 valence electrons. The Hall–Kier alpha value is -3.96. The van der Waals surface area contributed by atoms with Crippen molar-refractivity contribution in [2.75, 3.05) is 0 Å². The van der Waals surface area contributed by atoms with Gasteiger partial charge < -0.3 is 5.11 Å². The molecule has 0 unspecified atom stereocenters. The summed E-state index contributed by atoms with van der Waals surface area (Å²) < 4.78 is 2.61. The zero-order valence-corrected chi connectivity index (χ0v) is 25.1. The Balaban J connectivity index is 0.000000278. The summed E-state index contributed by atoms with van der Waals surface area (Å²) in [5, 5.41) is 14.5. The average Bonchev–Trinajstić information content (AvgIpc) is 3.37. The fourth-order valence-corrected chi connectivity index (χ4v) is 6.20. The van der Waals surface area contributed by atoms with Crippen LogP contribution in [0.25, 0.3) is 53.1 Å². The number of aromatic carboxylic acids is 1. The van der Waals surface area contributed by atoms with Crippen LogP contribution in [0.5, 0.6) is 0 Å². The molecule has 40 heavy (non-hydrogen) atoms. The SMILES string of the molecule is CC(C)c1cc(-c2nc3ccccc3c3sc4ccccc4c23)[c-]c2ccccc12.O=C(O)c1ccccn1.[Ir]. The number of hydrogen-bond acceptors (Lipinski definition) is 4. The van der Waals surface area contributed by atoms with E-state index in [0.717, 1.165) is 22.2 Å². The van der Waals surface area contributed by atoms with Crippen LogP contribution in [0.4, 0.5) is 0 Å². The summed E-state index contributed by atoms with van der Waals surface area (Å²) in [6.45, 7) is 4.52. The van der Waals surface area contributed by atoms with Crippen LogP contribution in [0, 0.1) is 6.07 Å². The number of carbonyl (C=O) groups is 1. The number of pyridine rings is 2. The number of rotatable bonds is 3. The Bertz CT molecular complexity index is 1980. The molecule has 0 fully saturated rings. The molecule has 7 rings (SSSR count). The molecular formula is C34H25IrN2O2S-. The molecule has 1 N–H and O–H groups in total. The van der Waals surface area contributed by atoms with Crippen molar-refractivity contribution in [3.05, 3.63) is 121 Å². The zero-order chi connectivity index (χ0) is 26.9. The van der Waals surface area contributed by atoms with Crippen molar-refractivity contribution < 1.29 is 30.0 Å². The van der Waals surface area contributed by atoms with Gasteiger partial charge in [-0.2, -0.15) is 0 Å². The van der Waals surface area contributed by atoms with E-state index < -0.39 is 5.97 Å². The molecule has 0 aliphatic rings. The molecule has 3 heterocycles. The molecule has 0 spiro atoms. The van der Waals surface area contributed by atoms with E-state index in [1.165, 1.54) is 48.8 Å². The molecule has 0 saturated carbocycles. The third-order valence-electron chi connectivity index (χ3n) is 6.78. The van der Waals surface area contributed by atoms with Crippen molar-refractivity contribution in [2.45, 2.75) is 19.8 Å². The Morgan fingerprint density at radius 2 is 1.52 bits per heavy atom. The largest absolute Gasteiger partial charge is 0.477 e. The third kappa shape index (κ3) is 5.14. The zero-order valence-electron chi connectivity index (χ0n) is 21.9. The van der Waals surface area contributed by atoms with Crippen LogP contribution in [0.3, 0.4) is 0 Å². The van der Waals surface area contributed by atoms with Crippen molar-refractivity contribution in [3.63, 3.8) is 0 Å². The topological polar surface area (TPSA) is 63.1 Å². The minimum absolute atomic E-state index is 0. The molecule has 4 aromatic carbocycles. The van der Waals surface area contributed by atoms with E-state index in [1.807, 2.05) is 11.3 Å². The number of fused-ring (bicyclic) bond motifs is 6. The maximum absolute atomic E-state index is 10.1. The van der Waals surface area contributed by atoms with E-state index in [9.17, 15) is 4.79 Å². The molecular weight excluding hydrogens is 693 g/mol. The summed E-state index contributed by atoms with van der Waals surface area (Å²) in [5.74, 6) is -0.561. The maximum atomic E-state index is 10.1. The maximum Gasteiger partial charge on any atom is 0.354 e. The van der Waals surface area contributed by atoms with Gasteiger partial charge in [0.25, 0.3) is 0 Å². The predicted molar refractivity (Wildman–Crippen MR) is 162 cm³/mol. The molecule has 0 bridgehead atoms. The Morgan fingerprint density at radius 3 is 2.23 bits per heavy atom. The van der Waals surface area contributed by atoms with E-state index in [4.69, 9.17) is 10.1 Å². The normalized spacial score (nSPS) is 11.0. The van der Waals surface area contributed by atoms with Crippen LogP contribution in [0.2, 0.25) is 0 Å². The fourth-order valence-electron chi connectivity index (χ4n) is 4.96. The van der Waals surface area contributed by atoms with Crippen molar-refractivity contribution in [1.82, 2.24) is 9.97 Å².